The Morgan fingerprint density at radius 3 is 2.50 bits per heavy atom. The third-order valence-corrected chi connectivity index (χ3v) is 5.59. The monoisotopic (exact) mass is 392 g/mol. The summed E-state index contributed by atoms with van der Waals surface area (Å²) in [7, 11) is 3.42. The van der Waals surface area contributed by atoms with Gasteiger partial charge in [-0.05, 0) is 50.6 Å². The molecule has 2 aliphatic heterocycles. The number of likely N-dealkylation sites (N-methyl/N-ethyl adjacent to an activating group) is 1. The Kier molecular flexibility index (Phi) is 6.72. The zero-order chi connectivity index (χ0) is 20.1. The summed E-state index contributed by atoms with van der Waals surface area (Å²) in [5, 5.41) is 2.88. The normalized spacial score (nSPS) is 20.3. The standard InChI is InChI=1S/C20H29FN4O3/c1-23-9-3-4-17(23)19(26)24-10-12-25(13-11-24)20(27)22-8-7-15-5-6-18(28-2)16(21)14-15/h5-6,14,17H,3-4,7-13H2,1-2H3,(H,22,27). The number of hydrogen-bond donors (Lipinski definition) is 1. The van der Waals surface area contributed by atoms with E-state index >= 15 is 0 Å². The molecule has 0 aromatic heterocycles. The summed E-state index contributed by atoms with van der Waals surface area (Å²) in [6, 6.07) is 4.66. The van der Waals surface area contributed by atoms with Crippen LogP contribution in [0.25, 0.3) is 0 Å². The predicted molar refractivity (Wildman–Crippen MR) is 104 cm³/mol. The second-order valence-electron chi connectivity index (χ2n) is 7.40. The topological polar surface area (TPSA) is 65.1 Å². The van der Waals surface area contributed by atoms with Crippen molar-refractivity contribution in [3.8, 4) is 5.75 Å². The van der Waals surface area contributed by atoms with Crippen molar-refractivity contribution < 1.29 is 18.7 Å². The number of nitrogens with one attached hydrogen (secondary N) is 1. The first-order valence-electron chi connectivity index (χ1n) is 9.84. The minimum absolute atomic E-state index is 0.00901. The average Bonchev–Trinajstić information content (AvgIpc) is 3.13. The van der Waals surface area contributed by atoms with E-state index in [0.717, 1.165) is 24.9 Å². The van der Waals surface area contributed by atoms with E-state index in [1.165, 1.54) is 13.2 Å². The molecule has 2 heterocycles. The third-order valence-electron chi connectivity index (χ3n) is 5.59. The number of likely N-dealkylation sites (tertiary alicyclic amines) is 1. The number of benzene rings is 1. The molecule has 28 heavy (non-hydrogen) atoms. The van der Waals surface area contributed by atoms with Gasteiger partial charge in [0, 0.05) is 32.7 Å². The number of halogens is 1. The fourth-order valence-corrected chi connectivity index (χ4v) is 3.85. The first kappa shape index (κ1) is 20.4. The van der Waals surface area contributed by atoms with Gasteiger partial charge in [0.1, 0.15) is 0 Å². The number of hydrogen-bond acceptors (Lipinski definition) is 4. The number of nitrogens with zero attached hydrogens (tertiary/aromatic N) is 3. The van der Waals surface area contributed by atoms with Crippen LogP contribution in [0.4, 0.5) is 9.18 Å². The van der Waals surface area contributed by atoms with Crippen molar-refractivity contribution >= 4 is 11.9 Å². The number of carbonyl (C=O) groups excluding carboxylic acids is 2. The lowest BCUT2D eigenvalue weighted by atomic mass is 10.1. The number of ether oxygens (including phenoxy) is 1. The highest BCUT2D eigenvalue weighted by molar-refractivity contribution is 5.82. The summed E-state index contributed by atoms with van der Waals surface area (Å²) in [5.74, 6) is -0.00869. The SMILES string of the molecule is COc1ccc(CCNC(=O)N2CCN(C(=O)C3CCCN3C)CC2)cc1F. The van der Waals surface area contributed by atoms with Crippen molar-refractivity contribution in [3.05, 3.63) is 29.6 Å². The molecule has 1 aromatic rings. The summed E-state index contributed by atoms with van der Waals surface area (Å²) < 4.78 is 18.6. The van der Waals surface area contributed by atoms with Crippen LogP contribution in [-0.2, 0) is 11.2 Å². The number of methoxy groups -OCH3 is 1. The lowest BCUT2D eigenvalue weighted by Gasteiger charge is -2.36. The molecule has 0 spiro atoms. The Morgan fingerprint density at radius 1 is 1.18 bits per heavy atom. The van der Waals surface area contributed by atoms with Gasteiger partial charge in [0.25, 0.3) is 0 Å². The Balaban J connectivity index is 1.40. The van der Waals surface area contributed by atoms with Gasteiger partial charge in [-0.15, -0.1) is 0 Å². The van der Waals surface area contributed by atoms with Crippen molar-refractivity contribution in [1.82, 2.24) is 20.0 Å². The van der Waals surface area contributed by atoms with Crippen molar-refractivity contribution in [3.63, 3.8) is 0 Å². The average molecular weight is 392 g/mol. The van der Waals surface area contributed by atoms with Crippen LogP contribution < -0.4 is 10.1 Å². The maximum Gasteiger partial charge on any atom is 0.317 e. The van der Waals surface area contributed by atoms with Crippen LogP contribution in [0.1, 0.15) is 18.4 Å². The van der Waals surface area contributed by atoms with Crippen LogP contribution in [0.5, 0.6) is 5.75 Å². The molecule has 1 unspecified atom stereocenters. The Labute approximate surface area is 165 Å². The fourth-order valence-electron chi connectivity index (χ4n) is 3.85. The highest BCUT2D eigenvalue weighted by atomic mass is 19.1. The molecule has 7 nitrogen and oxygen atoms in total. The minimum Gasteiger partial charge on any atom is -0.494 e. The number of amides is 3. The summed E-state index contributed by atoms with van der Waals surface area (Å²) >= 11 is 0. The van der Waals surface area contributed by atoms with E-state index in [-0.39, 0.29) is 23.7 Å². The molecule has 3 amide bonds. The van der Waals surface area contributed by atoms with Gasteiger partial charge < -0.3 is 19.9 Å². The molecule has 2 aliphatic rings. The van der Waals surface area contributed by atoms with E-state index in [4.69, 9.17) is 4.74 Å². The van der Waals surface area contributed by atoms with E-state index in [1.54, 1.807) is 17.0 Å². The van der Waals surface area contributed by atoms with Gasteiger partial charge in [-0.3, -0.25) is 9.69 Å². The van der Waals surface area contributed by atoms with Crippen molar-refractivity contribution in [2.45, 2.75) is 25.3 Å². The van der Waals surface area contributed by atoms with Gasteiger partial charge in [-0.2, -0.15) is 0 Å². The van der Waals surface area contributed by atoms with Crippen LogP contribution in [0, 0.1) is 5.82 Å². The fraction of sp³-hybridized carbons (Fsp3) is 0.600. The highest BCUT2D eigenvalue weighted by Crippen LogP contribution is 2.19. The summed E-state index contributed by atoms with van der Waals surface area (Å²) in [4.78, 5) is 30.7. The maximum atomic E-state index is 13.7. The molecule has 0 bridgehead atoms. The van der Waals surface area contributed by atoms with Crippen LogP contribution in [0.3, 0.4) is 0 Å². The second-order valence-corrected chi connectivity index (χ2v) is 7.40. The summed E-state index contributed by atoms with van der Waals surface area (Å²) in [6.45, 7) is 3.60. The quantitative estimate of drug-likeness (QED) is 0.821. The Morgan fingerprint density at radius 2 is 1.89 bits per heavy atom. The van der Waals surface area contributed by atoms with Gasteiger partial charge in [-0.1, -0.05) is 6.07 Å². The molecular formula is C20H29FN4O3. The van der Waals surface area contributed by atoms with Crippen molar-refractivity contribution in [2.24, 2.45) is 0 Å². The molecule has 0 aliphatic carbocycles. The number of rotatable bonds is 5. The van der Waals surface area contributed by atoms with Crippen LogP contribution in [0.15, 0.2) is 18.2 Å². The van der Waals surface area contributed by atoms with E-state index in [1.807, 2.05) is 11.9 Å². The van der Waals surface area contributed by atoms with Crippen LogP contribution >= 0.6 is 0 Å². The molecule has 1 aromatic carbocycles. The smallest absolute Gasteiger partial charge is 0.317 e. The highest BCUT2D eigenvalue weighted by Gasteiger charge is 2.33. The van der Waals surface area contributed by atoms with Gasteiger partial charge in [-0.25, -0.2) is 9.18 Å². The molecule has 0 saturated carbocycles. The molecule has 2 fully saturated rings. The van der Waals surface area contributed by atoms with Crippen molar-refractivity contribution in [1.29, 1.82) is 0 Å². The Bertz CT molecular complexity index is 707. The number of piperazine rings is 1. The molecule has 0 radical (unpaired) electrons. The summed E-state index contributed by atoms with van der Waals surface area (Å²) in [6.07, 6.45) is 2.52. The van der Waals surface area contributed by atoms with Crippen LogP contribution in [-0.4, -0.2) is 86.1 Å². The van der Waals surface area contributed by atoms with E-state index < -0.39 is 5.82 Å². The van der Waals surface area contributed by atoms with Crippen molar-refractivity contribution in [2.75, 3.05) is 53.4 Å². The number of carbonyl (C=O) groups is 2. The van der Waals surface area contributed by atoms with E-state index in [9.17, 15) is 14.0 Å². The lowest BCUT2D eigenvalue weighted by molar-refractivity contribution is -0.137. The molecule has 2 saturated heterocycles. The van der Waals surface area contributed by atoms with Gasteiger partial charge in [0.2, 0.25) is 5.91 Å². The molecule has 1 N–H and O–H groups in total. The molecule has 8 heteroatoms. The van der Waals surface area contributed by atoms with Gasteiger partial charge >= 0.3 is 6.03 Å². The minimum atomic E-state index is -0.403. The van der Waals surface area contributed by atoms with E-state index in [0.29, 0.717) is 39.1 Å². The first-order chi connectivity index (χ1) is 13.5. The predicted octanol–water partition coefficient (Wildman–Crippen LogP) is 1.32. The molecule has 1 atom stereocenters. The second kappa shape index (κ2) is 9.23. The maximum absolute atomic E-state index is 13.7. The summed E-state index contributed by atoms with van der Waals surface area (Å²) in [5.41, 5.74) is 0.801. The Hall–Kier alpha value is -2.35. The zero-order valence-corrected chi connectivity index (χ0v) is 16.6. The van der Waals surface area contributed by atoms with Gasteiger partial charge in [0.05, 0.1) is 13.2 Å². The zero-order valence-electron chi connectivity index (χ0n) is 16.6. The lowest BCUT2D eigenvalue weighted by Crippen LogP contribution is -2.56. The first-order valence-corrected chi connectivity index (χ1v) is 9.84. The van der Waals surface area contributed by atoms with Gasteiger partial charge in [0.15, 0.2) is 11.6 Å². The molecule has 3 rings (SSSR count). The number of urea groups is 1. The van der Waals surface area contributed by atoms with Crippen LogP contribution in [0.2, 0.25) is 0 Å². The molecule has 154 valence electrons. The van der Waals surface area contributed by atoms with E-state index in [2.05, 4.69) is 10.2 Å². The third kappa shape index (κ3) is 4.73. The largest absolute Gasteiger partial charge is 0.494 e. The molecular weight excluding hydrogens is 363 g/mol.